The molecule has 4 saturated carbocycles. The predicted molar refractivity (Wildman–Crippen MR) is 113 cm³/mol. The van der Waals surface area contributed by atoms with Gasteiger partial charge in [0.15, 0.2) is 6.04 Å². The average Bonchev–Trinajstić information content (AvgIpc) is 2.59. The van der Waals surface area contributed by atoms with Crippen LogP contribution in [0.5, 0.6) is 0 Å². The third kappa shape index (κ3) is 4.52. The van der Waals surface area contributed by atoms with E-state index in [0.29, 0.717) is 5.69 Å². The number of amides is 1. The van der Waals surface area contributed by atoms with Gasteiger partial charge in [-0.05, 0) is 82.1 Å². The van der Waals surface area contributed by atoms with Gasteiger partial charge in [-0.25, -0.2) is 13.1 Å². The van der Waals surface area contributed by atoms with Crippen LogP contribution in [0.4, 0.5) is 5.69 Å². The largest absolute Gasteiger partial charge is 0.331 e. The zero-order valence-electron chi connectivity index (χ0n) is 17.6. The number of rotatable bonds is 7. The minimum Gasteiger partial charge on any atom is -0.331 e. The highest BCUT2D eigenvalue weighted by atomic mass is 32.2. The van der Waals surface area contributed by atoms with Gasteiger partial charge in [-0.2, -0.15) is 0 Å². The van der Waals surface area contributed by atoms with Crippen LogP contribution in [0.1, 0.15) is 59.3 Å². The first kappa shape index (κ1) is 20.8. The third-order valence-electron chi connectivity index (χ3n) is 6.93. The van der Waals surface area contributed by atoms with E-state index in [1.807, 2.05) is 6.92 Å². The molecular formula is C22H34N3O3S+. The molecule has 0 saturated heterocycles. The Labute approximate surface area is 174 Å². The quantitative estimate of drug-likeness (QED) is 0.632. The summed E-state index contributed by atoms with van der Waals surface area (Å²) in [5.74, 6) is 2.57. The molecule has 6 nitrogen and oxygen atoms in total. The van der Waals surface area contributed by atoms with E-state index in [1.54, 1.807) is 26.0 Å². The fourth-order valence-corrected chi connectivity index (χ4v) is 7.59. The Morgan fingerprint density at radius 3 is 2.00 bits per heavy atom. The summed E-state index contributed by atoms with van der Waals surface area (Å²) >= 11 is 0. The predicted octanol–water partition coefficient (Wildman–Crippen LogP) is 2.23. The van der Waals surface area contributed by atoms with Gasteiger partial charge in [0.1, 0.15) is 0 Å². The maximum absolute atomic E-state index is 12.8. The summed E-state index contributed by atoms with van der Waals surface area (Å²) in [6.07, 6.45) is 7.96. The Hall–Kier alpha value is -1.44. The summed E-state index contributed by atoms with van der Waals surface area (Å²) in [5, 5.41) is 5.29. The van der Waals surface area contributed by atoms with Gasteiger partial charge in [0.05, 0.1) is 10.4 Å². The lowest BCUT2D eigenvalue weighted by Crippen LogP contribution is -3.03. The monoisotopic (exact) mass is 420 g/mol. The maximum Gasteiger partial charge on any atom is 0.282 e. The van der Waals surface area contributed by atoms with E-state index in [-0.39, 0.29) is 28.4 Å². The molecule has 4 fully saturated rings. The molecule has 0 aromatic heterocycles. The van der Waals surface area contributed by atoms with Crippen LogP contribution in [-0.4, -0.2) is 31.9 Å². The number of hydrogen-bond donors (Lipinski definition) is 3. The second kappa shape index (κ2) is 7.67. The molecule has 0 spiro atoms. The number of carbonyl (C=O) groups is 1. The highest BCUT2D eigenvalue weighted by Crippen LogP contribution is 2.54. The molecule has 0 unspecified atom stereocenters. The lowest BCUT2D eigenvalue weighted by molar-refractivity contribution is -0.754. The summed E-state index contributed by atoms with van der Waals surface area (Å²) in [5.41, 5.74) is 0.885. The van der Waals surface area contributed by atoms with Crippen LogP contribution in [0.15, 0.2) is 29.2 Å². The minimum atomic E-state index is -3.52. The molecule has 7 heteroatoms. The van der Waals surface area contributed by atoms with Crippen molar-refractivity contribution >= 4 is 21.6 Å². The van der Waals surface area contributed by atoms with Gasteiger partial charge in [0, 0.05) is 31.0 Å². The van der Waals surface area contributed by atoms with Crippen molar-refractivity contribution in [2.24, 2.45) is 17.8 Å². The van der Waals surface area contributed by atoms with Crippen molar-refractivity contribution in [3.8, 4) is 0 Å². The Balaban J connectivity index is 1.37. The molecule has 1 atom stereocenters. The Bertz CT molecular complexity index is 829. The van der Waals surface area contributed by atoms with Gasteiger partial charge >= 0.3 is 0 Å². The van der Waals surface area contributed by atoms with Crippen molar-refractivity contribution in [3.05, 3.63) is 24.3 Å². The normalized spacial score (nSPS) is 31.8. The fourth-order valence-electron chi connectivity index (χ4n) is 6.34. The van der Waals surface area contributed by atoms with Crippen LogP contribution >= 0.6 is 0 Å². The molecule has 4 aliphatic carbocycles. The summed E-state index contributed by atoms with van der Waals surface area (Å²) in [7, 11) is -3.52. The van der Waals surface area contributed by atoms with Crippen LogP contribution < -0.4 is 15.4 Å². The van der Waals surface area contributed by atoms with E-state index in [1.165, 1.54) is 50.7 Å². The number of anilines is 1. The fraction of sp³-hybridized carbons (Fsp3) is 0.682. The van der Waals surface area contributed by atoms with Crippen molar-refractivity contribution in [3.63, 3.8) is 0 Å². The smallest absolute Gasteiger partial charge is 0.282 e. The van der Waals surface area contributed by atoms with Crippen LogP contribution in [0, 0.1) is 17.8 Å². The van der Waals surface area contributed by atoms with Gasteiger partial charge in [-0.15, -0.1) is 0 Å². The number of nitrogens with one attached hydrogen (secondary N) is 2. The van der Waals surface area contributed by atoms with Crippen LogP contribution in [-0.2, 0) is 14.8 Å². The lowest BCUT2D eigenvalue weighted by Gasteiger charge is -2.55. The van der Waals surface area contributed by atoms with Gasteiger partial charge in [-0.1, -0.05) is 0 Å². The number of carbonyl (C=O) groups excluding carboxylic acids is 1. The van der Waals surface area contributed by atoms with E-state index in [4.69, 9.17) is 0 Å². The molecule has 160 valence electrons. The standard InChI is InChI=1S/C22H33N3O3S/c1-14(2)25-29(27,28)20-6-4-19(5-7-20)23-21(26)15(3)24-22-11-16-8-17(12-22)10-18(9-16)13-22/h4-7,14-18,24-25H,8-13H2,1-3H3,(H,23,26)/p+1/t15-,16?,17?,18?,22?/m0/s1. The second-order valence-corrected chi connectivity index (χ2v) is 11.7. The molecule has 0 radical (unpaired) electrons. The number of quaternary nitrogens is 1. The SMILES string of the molecule is CC(C)NS(=O)(=O)c1ccc(NC(=O)[C@H](C)[NH2+]C23CC4CC(CC(C4)C2)C3)cc1. The van der Waals surface area contributed by atoms with Gasteiger partial charge in [0.25, 0.3) is 5.91 Å². The molecule has 4 aliphatic rings. The lowest BCUT2D eigenvalue weighted by atomic mass is 9.53. The van der Waals surface area contributed by atoms with Crippen molar-refractivity contribution in [2.75, 3.05) is 5.32 Å². The zero-order valence-corrected chi connectivity index (χ0v) is 18.5. The first-order valence-corrected chi connectivity index (χ1v) is 12.4. The number of hydrogen-bond acceptors (Lipinski definition) is 3. The van der Waals surface area contributed by atoms with Crippen molar-refractivity contribution in [1.82, 2.24) is 4.72 Å². The highest BCUT2D eigenvalue weighted by molar-refractivity contribution is 7.89. The second-order valence-electron chi connectivity index (χ2n) is 10.0. The molecular weight excluding hydrogens is 386 g/mol. The van der Waals surface area contributed by atoms with Crippen molar-refractivity contribution in [1.29, 1.82) is 0 Å². The molecule has 1 aromatic rings. The topological polar surface area (TPSA) is 91.9 Å². The molecule has 29 heavy (non-hydrogen) atoms. The van der Waals surface area contributed by atoms with E-state index >= 15 is 0 Å². The maximum atomic E-state index is 12.8. The molecule has 4 N–H and O–H groups in total. The zero-order chi connectivity index (χ0) is 20.8. The molecule has 1 aromatic carbocycles. The van der Waals surface area contributed by atoms with E-state index < -0.39 is 10.0 Å². The summed E-state index contributed by atoms with van der Waals surface area (Å²) in [6, 6.07) is 6.06. The molecule has 4 bridgehead atoms. The Morgan fingerprint density at radius 2 is 1.52 bits per heavy atom. The first-order valence-electron chi connectivity index (χ1n) is 10.9. The van der Waals surface area contributed by atoms with Gasteiger partial charge < -0.3 is 10.6 Å². The van der Waals surface area contributed by atoms with Crippen LogP contribution in [0.2, 0.25) is 0 Å². The molecule has 0 aliphatic heterocycles. The van der Waals surface area contributed by atoms with Gasteiger partial charge in [-0.3, -0.25) is 4.79 Å². The van der Waals surface area contributed by atoms with E-state index in [9.17, 15) is 13.2 Å². The number of benzene rings is 1. The van der Waals surface area contributed by atoms with Crippen LogP contribution in [0.25, 0.3) is 0 Å². The van der Waals surface area contributed by atoms with Crippen molar-refractivity contribution < 1.29 is 18.5 Å². The Morgan fingerprint density at radius 1 is 1.00 bits per heavy atom. The van der Waals surface area contributed by atoms with E-state index in [0.717, 1.165) is 17.8 Å². The van der Waals surface area contributed by atoms with E-state index in [2.05, 4.69) is 15.4 Å². The average molecular weight is 421 g/mol. The molecule has 1 amide bonds. The highest BCUT2D eigenvalue weighted by Gasteiger charge is 2.54. The van der Waals surface area contributed by atoms with Crippen LogP contribution in [0.3, 0.4) is 0 Å². The molecule has 5 rings (SSSR count). The summed E-state index contributed by atoms with van der Waals surface area (Å²) in [6.45, 7) is 5.56. The number of sulfonamides is 1. The summed E-state index contributed by atoms with van der Waals surface area (Å²) in [4.78, 5) is 13.0. The third-order valence-corrected chi connectivity index (χ3v) is 8.60. The summed E-state index contributed by atoms with van der Waals surface area (Å²) < 4.78 is 27.0. The Kier molecular flexibility index (Phi) is 5.51. The first-order chi connectivity index (χ1) is 13.6. The van der Waals surface area contributed by atoms with Crippen molar-refractivity contribution in [2.45, 2.75) is 81.8 Å². The van der Waals surface area contributed by atoms with Gasteiger partial charge in [0.2, 0.25) is 10.0 Å². The number of nitrogens with two attached hydrogens (primary N) is 1. The molecule has 0 heterocycles. The minimum absolute atomic E-state index is 0.0170.